The summed E-state index contributed by atoms with van der Waals surface area (Å²) >= 11 is 0. The molecule has 42 heavy (non-hydrogen) atoms. The molecule has 0 aromatic heterocycles. The third-order valence-electron chi connectivity index (χ3n) is 7.37. The third kappa shape index (κ3) is 5.47. The molecule has 210 valence electrons. The largest absolute Gasteiger partial charge is 0.497 e. The lowest BCUT2D eigenvalue weighted by atomic mass is 9.79. The van der Waals surface area contributed by atoms with Crippen molar-refractivity contribution in [3.05, 3.63) is 144 Å². The molecule has 6 nitrogen and oxygen atoms in total. The summed E-state index contributed by atoms with van der Waals surface area (Å²) in [5.41, 5.74) is 5.32. The lowest BCUT2D eigenvalue weighted by Crippen LogP contribution is -2.32. The van der Waals surface area contributed by atoms with Gasteiger partial charge in [-0.15, -0.1) is 0 Å². The average molecular weight is 559 g/mol. The number of carbonyl (C=O) groups excluding carboxylic acids is 2. The minimum absolute atomic E-state index is 0.394. The minimum atomic E-state index is -1.28. The lowest BCUT2D eigenvalue weighted by Gasteiger charge is -2.34. The van der Waals surface area contributed by atoms with Gasteiger partial charge in [-0.3, -0.25) is 4.79 Å². The van der Waals surface area contributed by atoms with Crippen molar-refractivity contribution in [2.24, 2.45) is 0 Å². The molecule has 6 heteroatoms. The second kappa shape index (κ2) is 12.4. The highest BCUT2D eigenvalue weighted by Crippen LogP contribution is 2.41. The predicted molar refractivity (Wildman–Crippen MR) is 162 cm³/mol. The zero-order chi connectivity index (χ0) is 29.5. The van der Waals surface area contributed by atoms with Gasteiger partial charge in [-0.25, -0.2) is 4.79 Å². The van der Waals surface area contributed by atoms with E-state index in [-0.39, 0.29) is 0 Å². The molecule has 0 radical (unpaired) electrons. The number of esters is 1. The molecule has 0 saturated carbocycles. The first-order chi connectivity index (χ1) is 20.5. The molecule has 0 aliphatic carbocycles. The van der Waals surface area contributed by atoms with E-state index in [1.165, 1.54) is 7.11 Å². The molecule has 0 amide bonds. The maximum absolute atomic E-state index is 12.1. The molecule has 0 unspecified atom stereocenters. The average Bonchev–Trinajstić information content (AvgIpc) is 3.07. The first-order valence-electron chi connectivity index (χ1n) is 13.3. The Hall–Kier alpha value is -5.36. The van der Waals surface area contributed by atoms with E-state index in [1.54, 1.807) is 38.5 Å². The first-order valence-corrected chi connectivity index (χ1v) is 13.3. The van der Waals surface area contributed by atoms with Crippen molar-refractivity contribution in [2.75, 3.05) is 21.3 Å². The molecule has 0 saturated heterocycles. The highest BCUT2D eigenvalue weighted by Gasteiger charge is 2.39. The van der Waals surface area contributed by atoms with Crippen molar-refractivity contribution in [3.8, 4) is 33.8 Å². The number of benzene rings is 5. The molecule has 0 spiro atoms. The molecular weight excluding hydrogens is 528 g/mol. The summed E-state index contributed by atoms with van der Waals surface area (Å²) in [5, 5.41) is 0. The molecule has 0 aliphatic rings. The normalized spacial score (nSPS) is 10.9. The van der Waals surface area contributed by atoms with Crippen molar-refractivity contribution in [1.82, 2.24) is 0 Å². The Bertz CT molecular complexity index is 1550. The zero-order valence-electron chi connectivity index (χ0n) is 23.6. The standard InChI is InChI=1S/C36H30O6/c1-39-33-20-10-27(11-21-33)25-4-14-30(15-5-25)36(42-24-37,32-18-8-29(9-19-32)35(38)41-3)31-16-6-26(7-17-31)28-12-22-34(40-2)23-13-28/h4-24H,1-3H3. The second-order valence-corrected chi connectivity index (χ2v) is 9.58. The van der Waals surface area contributed by atoms with Gasteiger partial charge < -0.3 is 18.9 Å². The highest BCUT2D eigenvalue weighted by molar-refractivity contribution is 5.89. The van der Waals surface area contributed by atoms with Crippen LogP contribution in [-0.2, 0) is 19.9 Å². The molecule has 5 aromatic rings. The van der Waals surface area contributed by atoms with Gasteiger partial charge in [0.25, 0.3) is 6.47 Å². The number of hydrogen-bond donors (Lipinski definition) is 0. The van der Waals surface area contributed by atoms with Crippen LogP contribution in [0.15, 0.2) is 121 Å². The second-order valence-electron chi connectivity index (χ2n) is 9.58. The van der Waals surface area contributed by atoms with E-state index in [9.17, 15) is 9.59 Å². The van der Waals surface area contributed by atoms with Gasteiger partial charge in [-0.2, -0.15) is 0 Å². The molecule has 5 aromatic carbocycles. The summed E-state index contributed by atoms with van der Waals surface area (Å²) in [7, 11) is 4.61. The van der Waals surface area contributed by atoms with Crippen LogP contribution >= 0.6 is 0 Å². The Balaban J connectivity index is 1.62. The van der Waals surface area contributed by atoms with E-state index in [0.29, 0.717) is 17.6 Å². The fraction of sp³-hybridized carbons (Fsp3) is 0.111. The molecular formula is C36H30O6. The van der Waals surface area contributed by atoms with Gasteiger partial charge in [0.05, 0.1) is 26.9 Å². The van der Waals surface area contributed by atoms with Crippen molar-refractivity contribution in [3.63, 3.8) is 0 Å². The van der Waals surface area contributed by atoms with E-state index in [4.69, 9.17) is 18.9 Å². The van der Waals surface area contributed by atoms with Crippen molar-refractivity contribution >= 4 is 12.4 Å². The number of hydrogen-bond acceptors (Lipinski definition) is 6. The minimum Gasteiger partial charge on any atom is -0.497 e. The van der Waals surface area contributed by atoms with Gasteiger partial charge in [0, 0.05) is 16.7 Å². The zero-order valence-corrected chi connectivity index (χ0v) is 23.6. The van der Waals surface area contributed by atoms with Crippen LogP contribution in [0.5, 0.6) is 11.5 Å². The van der Waals surface area contributed by atoms with E-state index in [1.807, 2.05) is 97.1 Å². The van der Waals surface area contributed by atoms with Gasteiger partial charge in [0.15, 0.2) is 5.60 Å². The van der Waals surface area contributed by atoms with Crippen LogP contribution in [0.2, 0.25) is 0 Å². The maximum Gasteiger partial charge on any atom is 0.337 e. The van der Waals surface area contributed by atoms with Crippen LogP contribution in [-0.4, -0.2) is 33.8 Å². The number of ether oxygens (including phenoxy) is 4. The molecule has 0 N–H and O–H groups in total. The van der Waals surface area contributed by atoms with Crippen LogP contribution in [0, 0.1) is 0 Å². The Morgan fingerprint density at radius 1 is 0.524 bits per heavy atom. The van der Waals surface area contributed by atoms with Gasteiger partial charge in [0.2, 0.25) is 0 Å². The van der Waals surface area contributed by atoms with Crippen molar-refractivity contribution < 1.29 is 28.5 Å². The summed E-state index contributed by atoms with van der Waals surface area (Å²) in [6.45, 7) is 0.461. The highest BCUT2D eigenvalue weighted by atomic mass is 16.5. The summed E-state index contributed by atoms with van der Waals surface area (Å²) in [6.07, 6.45) is 0. The monoisotopic (exact) mass is 558 g/mol. The number of methoxy groups -OCH3 is 3. The predicted octanol–water partition coefficient (Wildman–Crippen LogP) is 7.29. The Labute approximate surface area is 245 Å². The Morgan fingerprint density at radius 3 is 1.17 bits per heavy atom. The summed E-state index contributed by atoms with van der Waals surface area (Å²) in [5.74, 6) is 1.11. The van der Waals surface area contributed by atoms with Gasteiger partial charge in [-0.05, 0) is 58.7 Å². The van der Waals surface area contributed by atoms with Gasteiger partial charge >= 0.3 is 5.97 Å². The number of carbonyl (C=O) groups is 2. The summed E-state index contributed by atoms with van der Waals surface area (Å²) < 4.78 is 21.5. The molecule has 0 bridgehead atoms. The van der Waals surface area contributed by atoms with Crippen molar-refractivity contribution in [2.45, 2.75) is 5.60 Å². The Morgan fingerprint density at radius 2 is 0.857 bits per heavy atom. The van der Waals surface area contributed by atoms with E-state index in [2.05, 4.69) is 0 Å². The third-order valence-corrected chi connectivity index (χ3v) is 7.37. The SMILES string of the molecule is COC(=O)c1ccc(C(OC=O)(c2ccc(-c3ccc(OC)cc3)cc2)c2ccc(-c3ccc(OC)cc3)cc2)cc1. The molecule has 0 fully saturated rings. The van der Waals surface area contributed by atoms with Crippen LogP contribution in [0.25, 0.3) is 22.3 Å². The smallest absolute Gasteiger partial charge is 0.337 e. The van der Waals surface area contributed by atoms with Crippen LogP contribution in [0.1, 0.15) is 27.0 Å². The Kier molecular flexibility index (Phi) is 8.34. The lowest BCUT2D eigenvalue weighted by molar-refractivity contribution is -0.137. The fourth-order valence-corrected chi connectivity index (χ4v) is 5.10. The molecule has 0 aliphatic heterocycles. The molecule has 0 heterocycles. The summed E-state index contributed by atoms with van der Waals surface area (Å²) in [4.78, 5) is 24.3. The van der Waals surface area contributed by atoms with Gasteiger partial charge in [0.1, 0.15) is 11.5 Å². The molecule has 5 rings (SSSR count). The summed E-state index contributed by atoms with van der Waals surface area (Å²) in [6, 6.07) is 38.3. The van der Waals surface area contributed by atoms with E-state index in [0.717, 1.165) is 44.9 Å². The van der Waals surface area contributed by atoms with Gasteiger partial charge in [-0.1, -0.05) is 84.9 Å². The quantitative estimate of drug-likeness (QED) is 0.102. The maximum atomic E-state index is 12.1. The van der Waals surface area contributed by atoms with E-state index >= 15 is 0 Å². The van der Waals surface area contributed by atoms with Crippen LogP contribution in [0.4, 0.5) is 0 Å². The topological polar surface area (TPSA) is 71.1 Å². The van der Waals surface area contributed by atoms with Crippen LogP contribution in [0.3, 0.4) is 0 Å². The molecule has 0 atom stereocenters. The number of rotatable bonds is 10. The fourth-order valence-electron chi connectivity index (χ4n) is 5.10. The van der Waals surface area contributed by atoms with E-state index < -0.39 is 11.6 Å². The first kappa shape index (κ1) is 28.2. The van der Waals surface area contributed by atoms with Crippen molar-refractivity contribution in [1.29, 1.82) is 0 Å². The van der Waals surface area contributed by atoms with Crippen LogP contribution < -0.4 is 9.47 Å².